The van der Waals surface area contributed by atoms with E-state index >= 15 is 0 Å². The van der Waals surface area contributed by atoms with Crippen LogP contribution in [0.5, 0.6) is 5.75 Å². The van der Waals surface area contributed by atoms with Crippen LogP contribution in [0.2, 0.25) is 0 Å². The standard InChI is InChI=1S/C24H25FN2O5/c1-13-4-6-16(7-5-13)21(28)12-32-22-8-18-17(15(3)27-20(18)10-19(22)25)9-23(29)26-11-14(2)24(30)31/h4-8,10,14,27H,9,11-12H2,1-3H3,(H,26,29)(H,30,31). The topological polar surface area (TPSA) is 108 Å². The number of benzene rings is 2. The average Bonchev–Trinajstić information content (AvgIpc) is 3.04. The number of fused-ring (bicyclic) bond motifs is 1. The second kappa shape index (κ2) is 9.64. The van der Waals surface area contributed by atoms with Gasteiger partial charge in [-0.2, -0.15) is 0 Å². The molecule has 3 rings (SSSR count). The van der Waals surface area contributed by atoms with Gasteiger partial charge < -0.3 is 20.1 Å². The lowest BCUT2D eigenvalue weighted by molar-refractivity contribution is -0.141. The molecule has 7 nitrogen and oxygen atoms in total. The monoisotopic (exact) mass is 440 g/mol. The fraction of sp³-hybridized carbons (Fsp3) is 0.292. The van der Waals surface area contributed by atoms with Gasteiger partial charge in [-0.05, 0) is 25.5 Å². The summed E-state index contributed by atoms with van der Waals surface area (Å²) in [5.74, 6) is -3.03. The molecule has 2 aromatic carbocycles. The first kappa shape index (κ1) is 23.0. The summed E-state index contributed by atoms with van der Waals surface area (Å²) in [5.41, 5.74) is 3.33. The van der Waals surface area contributed by atoms with Gasteiger partial charge in [0.1, 0.15) is 0 Å². The van der Waals surface area contributed by atoms with Crippen LogP contribution in [-0.4, -0.2) is 40.9 Å². The molecule has 1 heterocycles. The SMILES string of the molecule is Cc1ccc(C(=O)COc2cc3c(CC(=O)NCC(C)C(=O)O)c(C)[nH]c3cc2F)cc1. The minimum Gasteiger partial charge on any atom is -0.482 e. The van der Waals surface area contributed by atoms with Crippen molar-refractivity contribution in [3.05, 3.63) is 64.6 Å². The zero-order valence-corrected chi connectivity index (χ0v) is 18.1. The fourth-order valence-electron chi connectivity index (χ4n) is 3.27. The number of nitrogens with one attached hydrogen (secondary N) is 2. The van der Waals surface area contributed by atoms with Crippen LogP contribution in [0, 0.1) is 25.6 Å². The number of carbonyl (C=O) groups excluding carboxylic acids is 2. The van der Waals surface area contributed by atoms with Gasteiger partial charge in [0.05, 0.1) is 12.3 Å². The van der Waals surface area contributed by atoms with Gasteiger partial charge in [-0.1, -0.05) is 36.8 Å². The molecule has 0 radical (unpaired) electrons. The van der Waals surface area contributed by atoms with Crippen molar-refractivity contribution in [1.29, 1.82) is 0 Å². The molecular weight excluding hydrogens is 415 g/mol. The molecule has 0 fully saturated rings. The maximum Gasteiger partial charge on any atom is 0.308 e. The van der Waals surface area contributed by atoms with E-state index in [1.165, 1.54) is 19.1 Å². The molecule has 0 bridgehead atoms. The lowest BCUT2D eigenvalue weighted by atomic mass is 10.1. The molecule has 8 heteroatoms. The van der Waals surface area contributed by atoms with Crippen LogP contribution < -0.4 is 10.1 Å². The molecule has 0 spiro atoms. The highest BCUT2D eigenvalue weighted by Gasteiger charge is 2.18. The molecule has 0 saturated carbocycles. The number of amides is 1. The molecule has 3 N–H and O–H groups in total. The Balaban J connectivity index is 1.75. The van der Waals surface area contributed by atoms with Crippen molar-refractivity contribution in [3.63, 3.8) is 0 Å². The summed E-state index contributed by atoms with van der Waals surface area (Å²) in [6, 6.07) is 9.75. The molecule has 0 aliphatic rings. The lowest BCUT2D eigenvalue weighted by Gasteiger charge is -2.10. The predicted molar refractivity (Wildman–Crippen MR) is 118 cm³/mol. The maximum atomic E-state index is 14.5. The van der Waals surface area contributed by atoms with Crippen molar-refractivity contribution in [2.24, 2.45) is 5.92 Å². The van der Waals surface area contributed by atoms with Crippen LogP contribution in [-0.2, 0) is 16.0 Å². The minimum absolute atomic E-state index is 0.00839. The third-order valence-corrected chi connectivity index (χ3v) is 5.27. The first-order chi connectivity index (χ1) is 15.2. The van der Waals surface area contributed by atoms with Crippen molar-refractivity contribution in [2.75, 3.05) is 13.2 Å². The second-order valence-electron chi connectivity index (χ2n) is 7.85. The van der Waals surface area contributed by atoms with Crippen LogP contribution in [0.15, 0.2) is 36.4 Å². The number of H-pyrrole nitrogens is 1. The Morgan fingerprint density at radius 1 is 1.16 bits per heavy atom. The van der Waals surface area contributed by atoms with Crippen LogP contribution in [0.4, 0.5) is 4.39 Å². The van der Waals surface area contributed by atoms with Crippen molar-refractivity contribution in [1.82, 2.24) is 10.3 Å². The molecule has 1 aromatic heterocycles. The van der Waals surface area contributed by atoms with E-state index in [2.05, 4.69) is 10.3 Å². The first-order valence-corrected chi connectivity index (χ1v) is 10.2. The Morgan fingerprint density at radius 2 is 1.84 bits per heavy atom. The van der Waals surface area contributed by atoms with Gasteiger partial charge in [-0.3, -0.25) is 14.4 Å². The summed E-state index contributed by atoms with van der Waals surface area (Å²) in [4.78, 5) is 38.6. The Labute approximate surface area is 184 Å². The Morgan fingerprint density at radius 3 is 2.50 bits per heavy atom. The van der Waals surface area contributed by atoms with Crippen LogP contribution in [0.3, 0.4) is 0 Å². The number of carboxylic acids is 1. The van der Waals surface area contributed by atoms with E-state index < -0.39 is 17.7 Å². The number of hydrogen-bond acceptors (Lipinski definition) is 4. The van der Waals surface area contributed by atoms with Crippen LogP contribution in [0.25, 0.3) is 10.9 Å². The van der Waals surface area contributed by atoms with Crippen molar-refractivity contribution in [3.8, 4) is 5.75 Å². The third kappa shape index (κ3) is 5.32. The smallest absolute Gasteiger partial charge is 0.308 e. The van der Waals surface area contributed by atoms with Gasteiger partial charge in [0.25, 0.3) is 0 Å². The van der Waals surface area contributed by atoms with E-state index in [0.717, 1.165) is 5.56 Å². The highest BCUT2D eigenvalue weighted by molar-refractivity contribution is 5.97. The average molecular weight is 440 g/mol. The Bertz CT molecular complexity index is 1170. The van der Waals surface area contributed by atoms with Crippen molar-refractivity contribution in [2.45, 2.75) is 27.2 Å². The van der Waals surface area contributed by atoms with Crippen LogP contribution >= 0.6 is 0 Å². The number of aromatic nitrogens is 1. The summed E-state index contributed by atoms with van der Waals surface area (Å²) in [7, 11) is 0. The number of aromatic amines is 1. The van der Waals surface area contributed by atoms with Gasteiger partial charge in [-0.25, -0.2) is 4.39 Å². The molecule has 32 heavy (non-hydrogen) atoms. The van der Waals surface area contributed by atoms with Gasteiger partial charge in [0.15, 0.2) is 24.0 Å². The molecule has 0 aliphatic carbocycles. The second-order valence-corrected chi connectivity index (χ2v) is 7.85. The number of aliphatic carboxylic acids is 1. The molecule has 0 saturated heterocycles. The molecule has 0 aliphatic heterocycles. The van der Waals surface area contributed by atoms with Crippen molar-refractivity contribution < 1.29 is 28.6 Å². The van der Waals surface area contributed by atoms with E-state index in [-0.39, 0.29) is 37.0 Å². The Hall–Kier alpha value is -3.68. The van der Waals surface area contributed by atoms with E-state index in [9.17, 15) is 18.8 Å². The maximum absolute atomic E-state index is 14.5. The quantitative estimate of drug-likeness (QED) is 0.441. The number of carboxylic acid groups (broad SMARTS) is 1. The summed E-state index contributed by atoms with van der Waals surface area (Å²) in [6.45, 7) is 4.88. The minimum atomic E-state index is -0.994. The van der Waals surface area contributed by atoms with Crippen molar-refractivity contribution >= 4 is 28.6 Å². The summed E-state index contributed by atoms with van der Waals surface area (Å²) < 4.78 is 20.0. The number of ether oxygens (including phenoxy) is 1. The van der Waals surface area contributed by atoms with Gasteiger partial charge in [0, 0.05) is 34.8 Å². The molecule has 1 atom stereocenters. The number of aryl methyl sites for hydroxylation is 2. The van der Waals surface area contributed by atoms with E-state index in [4.69, 9.17) is 9.84 Å². The number of ketones is 1. The predicted octanol–water partition coefficient (Wildman–Crippen LogP) is 3.56. The number of halogens is 1. The molecule has 1 unspecified atom stereocenters. The Kier molecular flexibility index (Phi) is 6.92. The molecule has 1 amide bonds. The number of rotatable bonds is 9. The summed E-state index contributed by atoms with van der Waals surface area (Å²) >= 11 is 0. The van der Waals surface area contributed by atoms with E-state index in [0.29, 0.717) is 27.7 Å². The summed E-state index contributed by atoms with van der Waals surface area (Å²) in [5, 5.41) is 12.1. The van der Waals surface area contributed by atoms with E-state index in [1.807, 2.05) is 19.1 Å². The van der Waals surface area contributed by atoms with Gasteiger partial charge >= 0.3 is 5.97 Å². The normalized spacial score (nSPS) is 11.9. The third-order valence-electron chi connectivity index (χ3n) is 5.27. The highest BCUT2D eigenvalue weighted by Crippen LogP contribution is 2.29. The zero-order valence-electron chi connectivity index (χ0n) is 18.1. The molecular formula is C24H25FN2O5. The van der Waals surface area contributed by atoms with Gasteiger partial charge in [-0.15, -0.1) is 0 Å². The highest BCUT2D eigenvalue weighted by atomic mass is 19.1. The van der Waals surface area contributed by atoms with E-state index in [1.54, 1.807) is 19.1 Å². The van der Waals surface area contributed by atoms with Gasteiger partial charge in [0.2, 0.25) is 5.91 Å². The van der Waals surface area contributed by atoms with Crippen LogP contribution in [0.1, 0.15) is 34.1 Å². The molecule has 168 valence electrons. The number of carbonyl (C=O) groups is 3. The first-order valence-electron chi connectivity index (χ1n) is 10.2. The zero-order chi connectivity index (χ0) is 23.4. The summed E-state index contributed by atoms with van der Waals surface area (Å²) in [6.07, 6.45) is -0.00839. The largest absolute Gasteiger partial charge is 0.482 e. The fourth-order valence-corrected chi connectivity index (χ4v) is 3.27. The molecule has 3 aromatic rings. The number of Topliss-reactive ketones (excluding diaryl/α,β-unsaturated/α-hetero) is 1. The number of hydrogen-bond donors (Lipinski definition) is 3. The lowest BCUT2D eigenvalue weighted by Crippen LogP contribution is -2.32.